The Morgan fingerprint density at radius 3 is 2.97 bits per heavy atom. The Hall–Kier alpha value is -3.46. The van der Waals surface area contributed by atoms with Gasteiger partial charge in [-0.05, 0) is 30.7 Å². The lowest BCUT2D eigenvalue weighted by molar-refractivity contribution is 0.162. The minimum absolute atomic E-state index is 0.135. The molecule has 4 aromatic rings. The first-order valence-electron chi connectivity index (χ1n) is 8.73. The van der Waals surface area contributed by atoms with E-state index in [4.69, 9.17) is 16.3 Å². The van der Waals surface area contributed by atoms with Gasteiger partial charge < -0.3 is 9.72 Å². The first kappa shape index (κ1) is 18.9. The molecule has 0 saturated carbocycles. The average Bonchev–Trinajstić information content (AvgIpc) is 3.10. The summed E-state index contributed by atoms with van der Waals surface area (Å²) in [5.41, 5.74) is 1.58. The fourth-order valence-corrected chi connectivity index (χ4v) is 3.06. The summed E-state index contributed by atoms with van der Waals surface area (Å²) in [7, 11) is 0. The van der Waals surface area contributed by atoms with Crippen molar-refractivity contribution in [3.05, 3.63) is 52.6 Å². The smallest absolute Gasteiger partial charge is 0.413 e. The summed E-state index contributed by atoms with van der Waals surface area (Å²) >= 11 is 5.54. The number of anilines is 1. The first-order valence-corrected chi connectivity index (χ1v) is 9.27. The third-order valence-electron chi connectivity index (χ3n) is 4.25. The van der Waals surface area contributed by atoms with Crippen molar-refractivity contribution < 1.29 is 13.9 Å². The number of hydrogen-bond donors (Lipinski definition) is 3. The summed E-state index contributed by atoms with van der Waals surface area (Å²) < 4.78 is 19.4. The largest absolute Gasteiger partial charge is 0.449 e. The van der Waals surface area contributed by atoms with Gasteiger partial charge in [-0.3, -0.25) is 10.1 Å². The normalized spacial score (nSPS) is 11.1. The fraction of sp³-hybridized carbons (Fsp3) is 0.158. The Morgan fingerprint density at radius 2 is 2.14 bits per heavy atom. The summed E-state index contributed by atoms with van der Waals surface area (Å²) in [5.74, 6) is 0.0655. The van der Waals surface area contributed by atoms with E-state index >= 15 is 0 Å². The van der Waals surface area contributed by atoms with Crippen molar-refractivity contribution in [2.75, 3.05) is 17.8 Å². The molecule has 0 spiro atoms. The molecule has 0 unspecified atom stereocenters. The van der Waals surface area contributed by atoms with Gasteiger partial charge in [0.15, 0.2) is 0 Å². The molecule has 0 fully saturated rings. The molecule has 1 amide bonds. The molecular formula is C19H15ClFN5O3. The molecule has 0 radical (unpaired) electrons. The van der Waals surface area contributed by atoms with Crippen LogP contribution in [0.5, 0.6) is 0 Å². The number of aromatic amines is 2. The van der Waals surface area contributed by atoms with E-state index in [2.05, 4.69) is 25.5 Å². The highest BCUT2D eigenvalue weighted by Crippen LogP contribution is 2.28. The lowest BCUT2D eigenvalue weighted by Gasteiger charge is -2.06. The number of amides is 1. The number of rotatable bonds is 5. The number of carbonyl (C=O) groups excluding carboxylic acids is 1. The van der Waals surface area contributed by atoms with Crippen molar-refractivity contribution in [2.45, 2.75) is 6.42 Å². The minimum Gasteiger partial charge on any atom is -0.449 e. The van der Waals surface area contributed by atoms with Crippen LogP contribution in [0.3, 0.4) is 0 Å². The molecule has 2 aromatic carbocycles. The van der Waals surface area contributed by atoms with Gasteiger partial charge in [0.05, 0.1) is 28.4 Å². The number of nitrogens with zero attached hydrogens (tertiary/aromatic N) is 2. The molecule has 2 aromatic heterocycles. The number of imidazole rings is 1. The van der Waals surface area contributed by atoms with Crippen LogP contribution >= 0.6 is 11.6 Å². The maximum absolute atomic E-state index is 14.4. The van der Waals surface area contributed by atoms with E-state index in [1.54, 1.807) is 18.2 Å². The number of fused-ring (bicyclic) bond motifs is 2. The van der Waals surface area contributed by atoms with Crippen molar-refractivity contribution in [2.24, 2.45) is 0 Å². The first-order chi connectivity index (χ1) is 14.1. The zero-order valence-corrected chi connectivity index (χ0v) is 15.7. The molecule has 0 atom stereocenters. The van der Waals surface area contributed by atoms with E-state index in [9.17, 15) is 14.0 Å². The third-order valence-corrected chi connectivity index (χ3v) is 4.52. The summed E-state index contributed by atoms with van der Waals surface area (Å²) in [5, 5.41) is 9.27. The SMILES string of the molecule is O=C(Nc1nc2ccc(-c3n[nH]c(=O)c4cccc(F)c34)cc2[nH]1)OCCCCl. The fourth-order valence-electron chi connectivity index (χ4n) is 2.95. The molecular weight excluding hydrogens is 401 g/mol. The Kier molecular flexibility index (Phi) is 5.13. The highest BCUT2D eigenvalue weighted by atomic mass is 35.5. The van der Waals surface area contributed by atoms with Crippen molar-refractivity contribution >= 4 is 45.4 Å². The molecule has 0 bridgehead atoms. The molecule has 4 rings (SSSR count). The molecule has 3 N–H and O–H groups in total. The predicted octanol–water partition coefficient (Wildman–Crippen LogP) is 3.78. The zero-order valence-electron chi connectivity index (χ0n) is 15.0. The third kappa shape index (κ3) is 3.77. The predicted molar refractivity (Wildman–Crippen MR) is 108 cm³/mol. The summed E-state index contributed by atoms with van der Waals surface area (Å²) in [6, 6.07) is 9.40. The maximum Gasteiger partial charge on any atom is 0.413 e. The van der Waals surface area contributed by atoms with Crippen LogP contribution in [0.2, 0.25) is 0 Å². The second-order valence-electron chi connectivity index (χ2n) is 6.18. The van der Waals surface area contributed by atoms with Crippen LogP contribution < -0.4 is 10.9 Å². The van der Waals surface area contributed by atoms with E-state index in [1.165, 1.54) is 18.2 Å². The molecule has 148 valence electrons. The number of H-pyrrole nitrogens is 2. The molecule has 0 aliphatic heterocycles. The van der Waals surface area contributed by atoms with Crippen LogP contribution in [-0.4, -0.2) is 38.7 Å². The van der Waals surface area contributed by atoms with E-state index < -0.39 is 17.5 Å². The molecule has 0 aliphatic rings. The van der Waals surface area contributed by atoms with Gasteiger partial charge in [-0.1, -0.05) is 12.1 Å². The highest BCUT2D eigenvalue weighted by molar-refractivity contribution is 6.17. The lowest BCUT2D eigenvalue weighted by atomic mass is 10.0. The number of halogens is 2. The number of aromatic nitrogens is 4. The topological polar surface area (TPSA) is 113 Å². The lowest BCUT2D eigenvalue weighted by Crippen LogP contribution is -2.15. The minimum atomic E-state index is -0.648. The van der Waals surface area contributed by atoms with Crippen LogP contribution in [-0.2, 0) is 4.74 Å². The van der Waals surface area contributed by atoms with Crippen LogP contribution in [0.4, 0.5) is 15.1 Å². The van der Waals surface area contributed by atoms with Gasteiger partial charge in [-0.25, -0.2) is 19.3 Å². The van der Waals surface area contributed by atoms with Crippen LogP contribution in [0, 0.1) is 5.82 Å². The molecule has 10 heteroatoms. The van der Waals surface area contributed by atoms with Crippen molar-refractivity contribution in [3.8, 4) is 11.3 Å². The van der Waals surface area contributed by atoms with Crippen LogP contribution in [0.15, 0.2) is 41.2 Å². The van der Waals surface area contributed by atoms with E-state index in [0.717, 1.165) is 0 Å². The Balaban J connectivity index is 1.69. The average molecular weight is 416 g/mol. The number of alkyl halides is 1. The molecule has 0 aliphatic carbocycles. The Morgan fingerprint density at radius 1 is 1.28 bits per heavy atom. The van der Waals surface area contributed by atoms with Gasteiger partial charge in [-0.15, -0.1) is 11.6 Å². The van der Waals surface area contributed by atoms with Crippen molar-refractivity contribution in [1.29, 1.82) is 0 Å². The van der Waals surface area contributed by atoms with Crippen LogP contribution in [0.1, 0.15) is 6.42 Å². The second kappa shape index (κ2) is 7.88. The van der Waals surface area contributed by atoms with Crippen molar-refractivity contribution in [3.63, 3.8) is 0 Å². The second-order valence-corrected chi connectivity index (χ2v) is 6.56. The molecule has 8 nitrogen and oxygen atoms in total. The highest BCUT2D eigenvalue weighted by Gasteiger charge is 2.14. The van der Waals surface area contributed by atoms with Gasteiger partial charge in [-0.2, -0.15) is 5.10 Å². The molecule has 29 heavy (non-hydrogen) atoms. The molecule has 2 heterocycles. The standard InChI is InChI=1S/C19H15ClFN5O3/c20-7-2-8-29-19(28)24-18-22-13-6-5-10(9-14(13)23-18)16-15-11(17(27)26-25-16)3-1-4-12(15)21/h1,3-6,9H,2,7-8H2,(H,26,27)(H2,22,23,24,28). The Labute approximate surface area is 168 Å². The number of benzene rings is 2. The quantitative estimate of drug-likeness (QED) is 0.339. The number of hydrogen-bond acceptors (Lipinski definition) is 5. The number of carbonyl (C=O) groups is 1. The van der Waals surface area contributed by atoms with Gasteiger partial charge in [0.2, 0.25) is 5.95 Å². The van der Waals surface area contributed by atoms with Crippen molar-refractivity contribution in [1.82, 2.24) is 20.2 Å². The zero-order chi connectivity index (χ0) is 20.4. The summed E-state index contributed by atoms with van der Waals surface area (Å²) in [6.45, 7) is 0.205. The Bertz CT molecular complexity index is 1270. The van der Waals surface area contributed by atoms with E-state index in [-0.39, 0.29) is 23.3 Å². The van der Waals surface area contributed by atoms with Gasteiger partial charge >= 0.3 is 6.09 Å². The maximum atomic E-state index is 14.4. The van der Waals surface area contributed by atoms with E-state index in [0.29, 0.717) is 34.6 Å². The van der Waals surface area contributed by atoms with Gasteiger partial charge in [0.1, 0.15) is 11.5 Å². The van der Waals surface area contributed by atoms with Gasteiger partial charge in [0, 0.05) is 11.4 Å². The molecule has 0 saturated heterocycles. The summed E-state index contributed by atoms with van der Waals surface area (Å²) in [6.07, 6.45) is -0.0976. The van der Waals surface area contributed by atoms with E-state index in [1.807, 2.05) is 0 Å². The number of ether oxygens (including phenoxy) is 1. The summed E-state index contributed by atoms with van der Waals surface area (Å²) in [4.78, 5) is 30.9. The monoisotopic (exact) mass is 415 g/mol. The van der Waals surface area contributed by atoms with Crippen LogP contribution in [0.25, 0.3) is 33.1 Å². The van der Waals surface area contributed by atoms with Gasteiger partial charge in [0.25, 0.3) is 5.56 Å². The number of nitrogens with one attached hydrogen (secondary N) is 3.